The molecule has 0 amide bonds. The van der Waals surface area contributed by atoms with Crippen LogP contribution in [0.1, 0.15) is 29.2 Å². The fourth-order valence-electron chi connectivity index (χ4n) is 2.31. The van der Waals surface area contributed by atoms with Gasteiger partial charge in [-0.2, -0.15) is 0 Å². The first-order chi connectivity index (χ1) is 10.5. The highest BCUT2D eigenvalue weighted by atomic mass is 32.1. The van der Waals surface area contributed by atoms with Gasteiger partial charge in [-0.1, -0.05) is 43.3 Å². The summed E-state index contributed by atoms with van der Waals surface area (Å²) in [5.41, 5.74) is 6.15. The quantitative estimate of drug-likeness (QED) is 0.824. The molecule has 0 fully saturated rings. The second-order valence-corrected chi connectivity index (χ2v) is 6.16. The summed E-state index contributed by atoms with van der Waals surface area (Å²) in [6, 6.07) is 15.1. The minimum Gasteiger partial charge on any atom is -0.348 e. The highest BCUT2D eigenvalue weighted by Gasteiger charge is 2.07. The van der Waals surface area contributed by atoms with Gasteiger partial charge in [-0.05, 0) is 60.8 Å². The van der Waals surface area contributed by atoms with Gasteiger partial charge in [-0.25, -0.2) is 0 Å². The Balaban J connectivity index is 2.00. The minimum atomic E-state index is 0.744. The van der Waals surface area contributed by atoms with E-state index in [4.69, 9.17) is 12.2 Å². The van der Waals surface area contributed by atoms with Crippen molar-refractivity contribution in [3.63, 3.8) is 0 Å². The molecule has 116 valence electrons. The Kier molecular flexibility index (Phi) is 5.56. The predicted octanol–water partition coefficient (Wildman–Crippen LogP) is 4.69. The van der Waals surface area contributed by atoms with Gasteiger partial charge in [0.2, 0.25) is 0 Å². The molecular weight excluding hydrogens is 288 g/mol. The molecule has 0 atom stereocenters. The Morgan fingerprint density at radius 2 is 1.68 bits per heavy atom. The first kappa shape index (κ1) is 16.5. The summed E-state index contributed by atoms with van der Waals surface area (Å²) in [4.78, 5) is 2.07. The van der Waals surface area contributed by atoms with Crippen molar-refractivity contribution in [1.82, 2.24) is 4.90 Å². The molecule has 22 heavy (non-hydrogen) atoms. The van der Waals surface area contributed by atoms with Crippen molar-refractivity contribution in [2.24, 2.45) is 0 Å². The van der Waals surface area contributed by atoms with Gasteiger partial charge < -0.3 is 10.2 Å². The van der Waals surface area contributed by atoms with Crippen molar-refractivity contribution in [2.45, 2.75) is 33.7 Å². The van der Waals surface area contributed by atoms with Gasteiger partial charge in [0.05, 0.1) is 0 Å². The zero-order valence-electron chi connectivity index (χ0n) is 13.8. The molecule has 0 heterocycles. The van der Waals surface area contributed by atoms with E-state index in [-0.39, 0.29) is 0 Å². The van der Waals surface area contributed by atoms with E-state index in [9.17, 15) is 0 Å². The summed E-state index contributed by atoms with van der Waals surface area (Å²) in [5.74, 6) is 0. The molecule has 1 N–H and O–H groups in total. The normalized spacial score (nSPS) is 10.4. The number of rotatable bonds is 4. The number of benzene rings is 2. The van der Waals surface area contributed by atoms with E-state index in [1.54, 1.807) is 0 Å². The van der Waals surface area contributed by atoms with Crippen LogP contribution in [-0.4, -0.2) is 17.1 Å². The maximum absolute atomic E-state index is 5.52. The summed E-state index contributed by atoms with van der Waals surface area (Å²) in [7, 11) is 2.02. The number of thiocarbonyl (C=S) groups is 1. The molecule has 0 aromatic heterocycles. The molecular formula is C19H24N2S. The van der Waals surface area contributed by atoms with E-state index in [0.29, 0.717) is 0 Å². The monoisotopic (exact) mass is 312 g/mol. The molecule has 0 aliphatic heterocycles. The van der Waals surface area contributed by atoms with Crippen LogP contribution in [-0.2, 0) is 13.0 Å². The fraction of sp³-hybridized carbons (Fsp3) is 0.316. The largest absolute Gasteiger partial charge is 0.348 e. The third-order valence-corrected chi connectivity index (χ3v) is 4.25. The lowest BCUT2D eigenvalue weighted by Crippen LogP contribution is -2.30. The minimum absolute atomic E-state index is 0.744. The second-order valence-electron chi connectivity index (χ2n) is 5.77. The Morgan fingerprint density at radius 3 is 2.32 bits per heavy atom. The van der Waals surface area contributed by atoms with Crippen LogP contribution < -0.4 is 5.32 Å². The van der Waals surface area contributed by atoms with Crippen molar-refractivity contribution in [3.05, 3.63) is 64.7 Å². The molecule has 0 radical (unpaired) electrons. The molecule has 0 unspecified atom stereocenters. The van der Waals surface area contributed by atoms with Crippen LogP contribution in [0.2, 0.25) is 0 Å². The Labute approximate surface area is 139 Å². The van der Waals surface area contributed by atoms with E-state index in [1.165, 1.54) is 22.3 Å². The zero-order chi connectivity index (χ0) is 16.1. The smallest absolute Gasteiger partial charge is 0.173 e. The molecule has 3 heteroatoms. The first-order valence-corrected chi connectivity index (χ1v) is 8.07. The summed E-state index contributed by atoms with van der Waals surface area (Å²) < 4.78 is 0. The standard InChI is InChI=1S/C19H24N2S/c1-5-16-8-10-17(11-9-16)13-21(4)19(22)20-18-12-14(2)6-7-15(18)3/h6-12H,5,13H2,1-4H3,(H,20,22). The fourth-order valence-corrected chi connectivity index (χ4v) is 2.48. The van der Waals surface area contributed by atoms with E-state index in [2.05, 4.69) is 73.5 Å². The van der Waals surface area contributed by atoms with Crippen molar-refractivity contribution in [3.8, 4) is 0 Å². The Bertz CT molecular complexity index is 647. The van der Waals surface area contributed by atoms with Gasteiger partial charge in [-0.3, -0.25) is 0 Å². The van der Waals surface area contributed by atoms with Gasteiger partial charge >= 0.3 is 0 Å². The summed E-state index contributed by atoms with van der Waals surface area (Å²) in [6.45, 7) is 7.16. The van der Waals surface area contributed by atoms with Crippen LogP contribution in [0, 0.1) is 13.8 Å². The highest BCUT2D eigenvalue weighted by molar-refractivity contribution is 7.80. The van der Waals surface area contributed by atoms with Crippen LogP contribution in [0.15, 0.2) is 42.5 Å². The first-order valence-electron chi connectivity index (χ1n) is 7.66. The zero-order valence-corrected chi connectivity index (χ0v) is 14.6. The van der Waals surface area contributed by atoms with Gasteiger partial charge in [0.25, 0.3) is 0 Å². The predicted molar refractivity (Wildman–Crippen MR) is 99.4 cm³/mol. The molecule has 2 nitrogen and oxygen atoms in total. The van der Waals surface area contributed by atoms with Gasteiger partial charge in [-0.15, -0.1) is 0 Å². The number of nitrogens with zero attached hydrogens (tertiary/aromatic N) is 1. The molecule has 0 saturated heterocycles. The molecule has 2 aromatic rings. The Hall–Kier alpha value is -1.87. The highest BCUT2D eigenvalue weighted by Crippen LogP contribution is 2.17. The number of anilines is 1. The topological polar surface area (TPSA) is 15.3 Å². The van der Waals surface area contributed by atoms with E-state index in [1.807, 2.05) is 7.05 Å². The molecule has 0 bridgehead atoms. The van der Waals surface area contributed by atoms with E-state index in [0.717, 1.165) is 23.8 Å². The third-order valence-electron chi connectivity index (χ3n) is 3.83. The average Bonchev–Trinajstić information content (AvgIpc) is 2.51. The van der Waals surface area contributed by atoms with E-state index >= 15 is 0 Å². The number of nitrogens with one attached hydrogen (secondary N) is 1. The van der Waals surface area contributed by atoms with Gasteiger partial charge in [0.1, 0.15) is 0 Å². The van der Waals surface area contributed by atoms with Crippen molar-refractivity contribution in [2.75, 3.05) is 12.4 Å². The van der Waals surface area contributed by atoms with Gasteiger partial charge in [0, 0.05) is 19.3 Å². The van der Waals surface area contributed by atoms with Gasteiger partial charge in [0.15, 0.2) is 5.11 Å². The second kappa shape index (κ2) is 7.41. The number of aryl methyl sites for hydroxylation is 3. The maximum atomic E-state index is 5.52. The van der Waals surface area contributed by atoms with Crippen LogP contribution in [0.4, 0.5) is 5.69 Å². The lowest BCUT2D eigenvalue weighted by atomic mass is 10.1. The van der Waals surface area contributed by atoms with Crippen molar-refractivity contribution >= 4 is 23.0 Å². The molecule has 2 aromatic carbocycles. The molecule has 0 aliphatic rings. The van der Waals surface area contributed by atoms with E-state index < -0.39 is 0 Å². The molecule has 0 aliphatic carbocycles. The number of hydrogen-bond acceptors (Lipinski definition) is 1. The van der Waals surface area contributed by atoms with Crippen LogP contribution in [0.3, 0.4) is 0 Å². The molecule has 2 rings (SSSR count). The third kappa shape index (κ3) is 4.31. The lowest BCUT2D eigenvalue weighted by Gasteiger charge is -2.22. The van der Waals surface area contributed by atoms with Crippen LogP contribution >= 0.6 is 12.2 Å². The maximum Gasteiger partial charge on any atom is 0.173 e. The lowest BCUT2D eigenvalue weighted by molar-refractivity contribution is 0.508. The van der Waals surface area contributed by atoms with Crippen molar-refractivity contribution < 1.29 is 0 Å². The average molecular weight is 312 g/mol. The van der Waals surface area contributed by atoms with Crippen LogP contribution in [0.25, 0.3) is 0 Å². The summed E-state index contributed by atoms with van der Waals surface area (Å²) >= 11 is 5.52. The SMILES string of the molecule is CCc1ccc(CN(C)C(=S)Nc2cc(C)ccc2C)cc1. The summed E-state index contributed by atoms with van der Waals surface area (Å²) in [5, 5.41) is 4.09. The van der Waals surface area contributed by atoms with Crippen molar-refractivity contribution in [1.29, 1.82) is 0 Å². The van der Waals surface area contributed by atoms with Crippen LogP contribution in [0.5, 0.6) is 0 Å². The summed E-state index contributed by atoms with van der Waals surface area (Å²) in [6.07, 6.45) is 1.07. The molecule has 0 saturated carbocycles. The molecule has 0 spiro atoms. The number of hydrogen-bond donors (Lipinski definition) is 1. The Morgan fingerprint density at radius 1 is 1.05 bits per heavy atom.